The Morgan fingerprint density at radius 1 is 1.25 bits per heavy atom. The average Bonchev–Trinajstić information content (AvgIpc) is 1.97. The second-order valence-corrected chi connectivity index (χ2v) is 4.23. The predicted molar refractivity (Wildman–Crippen MR) is 55.4 cm³/mol. The van der Waals surface area contributed by atoms with E-state index in [1.807, 2.05) is 0 Å². The summed E-state index contributed by atoms with van der Waals surface area (Å²) in [5.74, 6) is 0.774. The first kappa shape index (κ1) is 11.5. The van der Waals surface area contributed by atoms with Gasteiger partial charge in [-0.15, -0.1) is 0 Å². The van der Waals surface area contributed by atoms with Gasteiger partial charge in [0.2, 0.25) is 0 Å². The van der Waals surface area contributed by atoms with Crippen LogP contribution in [0.4, 0.5) is 0 Å². The molecule has 0 aliphatic heterocycles. The number of rotatable bonds is 3. The molecule has 12 heavy (non-hydrogen) atoms. The summed E-state index contributed by atoms with van der Waals surface area (Å²) in [5.41, 5.74) is 5.87. The number of hydrogen-bond acceptors (Lipinski definition) is 1. The van der Waals surface area contributed by atoms with Gasteiger partial charge in [0, 0.05) is 5.41 Å². The summed E-state index contributed by atoms with van der Waals surface area (Å²) < 4.78 is 0. The molecule has 0 fully saturated rings. The Labute approximate surface area is 76.3 Å². The average molecular weight is 170 g/mol. The summed E-state index contributed by atoms with van der Waals surface area (Å²) in [6, 6.07) is 0.407. The first-order valence-electron chi connectivity index (χ1n) is 4.75. The fourth-order valence-electron chi connectivity index (χ4n) is 0.862. The maximum atomic E-state index is 5.85. The number of nitrogens with zero attached hydrogens (tertiary/aromatic N) is 1. The quantitative estimate of drug-likeness (QED) is 0.513. The van der Waals surface area contributed by atoms with Crippen molar-refractivity contribution in [3.05, 3.63) is 0 Å². The lowest BCUT2D eigenvalue weighted by atomic mass is 9.95. The van der Waals surface area contributed by atoms with Crippen molar-refractivity contribution in [3.63, 3.8) is 0 Å². The van der Waals surface area contributed by atoms with Crippen molar-refractivity contribution in [1.82, 2.24) is 0 Å². The lowest BCUT2D eigenvalue weighted by Gasteiger charge is -2.19. The molecule has 0 rings (SSSR count). The van der Waals surface area contributed by atoms with Crippen molar-refractivity contribution in [2.75, 3.05) is 0 Å². The highest BCUT2D eigenvalue weighted by Gasteiger charge is 2.16. The van der Waals surface area contributed by atoms with E-state index < -0.39 is 0 Å². The molecular formula is C10H22N2. The normalized spacial score (nSPS) is 14.0. The minimum Gasteiger partial charge on any atom is -0.387 e. The van der Waals surface area contributed by atoms with E-state index in [0.29, 0.717) is 6.04 Å². The van der Waals surface area contributed by atoms with Crippen molar-refractivity contribution < 1.29 is 0 Å². The van der Waals surface area contributed by atoms with Crippen molar-refractivity contribution in [2.45, 2.75) is 53.5 Å². The van der Waals surface area contributed by atoms with Gasteiger partial charge in [0.05, 0.1) is 11.9 Å². The first-order chi connectivity index (χ1) is 5.41. The molecule has 0 aromatic rings. The molecule has 0 unspecified atom stereocenters. The highest BCUT2D eigenvalue weighted by Crippen LogP contribution is 2.14. The van der Waals surface area contributed by atoms with Gasteiger partial charge in [0.25, 0.3) is 0 Å². The second kappa shape index (κ2) is 4.48. The molecule has 0 aliphatic carbocycles. The molecule has 2 nitrogen and oxygen atoms in total. The summed E-state index contributed by atoms with van der Waals surface area (Å²) in [5, 5.41) is 0. The van der Waals surface area contributed by atoms with Crippen LogP contribution in [0.15, 0.2) is 4.99 Å². The number of aliphatic imine (C=N–C) groups is 1. The smallest absolute Gasteiger partial charge is 0.0994 e. The Hall–Kier alpha value is -0.530. The summed E-state index contributed by atoms with van der Waals surface area (Å²) in [6.07, 6.45) is 2.15. The fourth-order valence-corrected chi connectivity index (χ4v) is 0.862. The maximum Gasteiger partial charge on any atom is 0.0994 e. The summed E-state index contributed by atoms with van der Waals surface area (Å²) in [4.78, 5) is 4.48. The van der Waals surface area contributed by atoms with E-state index in [-0.39, 0.29) is 5.41 Å². The summed E-state index contributed by atoms with van der Waals surface area (Å²) >= 11 is 0. The van der Waals surface area contributed by atoms with Crippen LogP contribution < -0.4 is 5.73 Å². The minimum atomic E-state index is 0.0165. The van der Waals surface area contributed by atoms with Crippen LogP contribution in [0.3, 0.4) is 0 Å². The molecule has 0 saturated heterocycles. The molecule has 0 amide bonds. The standard InChI is InChI=1S/C10H22N2/c1-6-8(7-2)12-9(11)10(3,4)5/h8H,6-7H2,1-5H3,(H2,11,12). The van der Waals surface area contributed by atoms with Crippen LogP contribution in [0, 0.1) is 5.41 Å². The summed E-state index contributed by atoms with van der Waals surface area (Å²) in [7, 11) is 0. The molecule has 2 N–H and O–H groups in total. The number of amidine groups is 1. The van der Waals surface area contributed by atoms with Gasteiger partial charge in [-0.2, -0.15) is 0 Å². The van der Waals surface area contributed by atoms with Crippen molar-refractivity contribution in [2.24, 2.45) is 16.1 Å². The zero-order valence-corrected chi connectivity index (χ0v) is 9.02. The zero-order chi connectivity index (χ0) is 9.78. The van der Waals surface area contributed by atoms with Crippen LogP contribution in [-0.2, 0) is 0 Å². The van der Waals surface area contributed by atoms with Gasteiger partial charge in [0.1, 0.15) is 0 Å². The van der Waals surface area contributed by atoms with Crippen LogP contribution in [0.25, 0.3) is 0 Å². The molecule has 0 spiro atoms. The van der Waals surface area contributed by atoms with Crippen LogP contribution in [0.2, 0.25) is 0 Å². The molecule has 0 aromatic carbocycles. The Kier molecular flexibility index (Phi) is 4.29. The Bertz CT molecular complexity index is 150. The van der Waals surface area contributed by atoms with Gasteiger partial charge in [-0.05, 0) is 12.8 Å². The third kappa shape index (κ3) is 3.74. The maximum absolute atomic E-state index is 5.85. The van der Waals surface area contributed by atoms with Gasteiger partial charge in [-0.25, -0.2) is 0 Å². The Balaban J connectivity index is 4.33. The second-order valence-electron chi connectivity index (χ2n) is 4.23. The third-order valence-electron chi connectivity index (χ3n) is 2.03. The van der Waals surface area contributed by atoms with Crippen LogP contribution in [-0.4, -0.2) is 11.9 Å². The topological polar surface area (TPSA) is 38.4 Å². The SMILES string of the molecule is CCC(CC)N=C(N)C(C)(C)C. The zero-order valence-electron chi connectivity index (χ0n) is 9.02. The molecule has 0 aromatic heterocycles. The molecule has 0 heterocycles. The molecule has 2 heteroatoms. The van der Waals surface area contributed by atoms with Gasteiger partial charge in [0.15, 0.2) is 0 Å². The van der Waals surface area contributed by atoms with Crippen LogP contribution >= 0.6 is 0 Å². The van der Waals surface area contributed by atoms with Crippen LogP contribution in [0.1, 0.15) is 47.5 Å². The highest BCUT2D eigenvalue weighted by atomic mass is 14.9. The van der Waals surface area contributed by atoms with E-state index in [1.165, 1.54) is 0 Å². The van der Waals surface area contributed by atoms with E-state index in [4.69, 9.17) is 5.73 Å². The number of hydrogen-bond donors (Lipinski definition) is 1. The van der Waals surface area contributed by atoms with Crippen LogP contribution in [0.5, 0.6) is 0 Å². The molecule has 72 valence electrons. The Morgan fingerprint density at radius 3 is 1.92 bits per heavy atom. The van der Waals surface area contributed by atoms with E-state index in [9.17, 15) is 0 Å². The summed E-state index contributed by atoms with van der Waals surface area (Å²) in [6.45, 7) is 10.6. The first-order valence-corrected chi connectivity index (χ1v) is 4.75. The molecule has 0 bridgehead atoms. The monoisotopic (exact) mass is 170 g/mol. The van der Waals surface area contributed by atoms with Crippen molar-refractivity contribution in [1.29, 1.82) is 0 Å². The fraction of sp³-hybridized carbons (Fsp3) is 0.900. The molecule has 0 atom stereocenters. The number of nitrogens with two attached hydrogens (primary N) is 1. The van der Waals surface area contributed by atoms with Gasteiger partial charge >= 0.3 is 0 Å². The van der Waals surface area contributed by atoms with Gasteiger partial charge in [-0.1, -0.05) is 34.6 Å². The van der Waals surface area contributed by atoms with E-state index in [2.05, 4.69) is 39.6 Å². The van der Waals surface area contributed by atoms with Crippen molar-refractivity contribution >= 4 is 5.84 Å². The van der Waals surface area contributed by atoms with E-state index in [1.54, 1.807) is 0 Å². The molecule has 0 aliphatic rings. The predicted octanol–water partition coefficient (Wildman–Crippen LogP) is 2.58. The van der Waals surface area contributed by atoms with Crippen molar-refractivity contribution in [3.8, 4) is 0 Å². The lowest BCUT2D eigenvalue weighted by Crippen LogP contribution is -2.30. The molecule has 0 saturated carbocycles. The molecular weight excluding hydrogens is 148 g/mol. The Morgan fingerprint density at radius 2 is 1.67 bits per heavy atom. The minimum absolute atomic E-state index is 0.0165. The van der Waals surface area contributed by atoms with E-state index in [0.717, 1.165) is 18.7 Å². The van der Waals surface area contributed by atoms with E-state index >= 15 is 0 Å². The van der Waals surface area contributed by atoms with Gasteiger partial charge < -0.3 is 5.73 Å². The van der Waals surface area contributed by atoms with Gasteiger partial charge in [-0.3, -0.25) is 4.99 Å². The highest BCUT2D eigenvalue weighted by molar-refractivity contribution is 5.85. The molecule has 0 radical (unpaired) electrons. The largest absolute Gasteiger partial charge is 0.387 e. The third-order valence-corrected chi connectivity index (χ3v) is 2.03. The lowest BCUT2D eigenvalue weighted by molar-refractivity contribution is 0.559.